The molecule has 184 valence electrons. The number of hydrogen-bond donors (Lipinski definition) is 0. The fourth-order valence-corrected chi connectivity index (χ4v) is 5.58. The SMILES string of the molecule is O=C(CCCN1C(=O)c2cccc3cccc(c23)C1=O)N1CCN(Cc2ccc3c(c2)CCO3)CC1. The first-order valence-corrected chi connectivity index (χ1v) is 12.7. The second-order valence-electron chi connectivity index (χ2n) is 9.77. The molecule has 7 nitrogen and oxygen atoms in total. The number of rotatable bonds is 6. The van der Waals surface area contributed by atoms with Gasteiger partial charge >= 0.3 is 0 Å². The van der Waals surface area contributed by atoms with Gasteiger partial charge in [-0.15, -0.1) is 0 Å². The van der Waals surface area contributed by atoms with Gasteiger partial charge in [-0.1, -0.05) is 36.4 Å². The lowest BCUT2D eigenvalue weighted by atomic mass is 9.94. The van der Waals surface area contributed by atoms with Gasteiger partial charge in [-0.2, -0.15) is 0 Å². The van der Waals surface area contributed by atoms with Crippen molar-refractivity contribution in [3.05, 3.63) is 76.9 Å². The van der Waals surface area contributed by atoms with Crippen LogP contribution < -0.4 is 4.74 Å². The molecule has 36 heavy (non-hydrogen) atoms. The molecule has 3 heterocycles. The molecule has 0 spiro atoms. The molecule has 0 unspecified atom stereocenters. The van der Waals surface area contributed by atoms with E-state index in [1.165, 1.54) is 16.0 Å². The molecule has 0 bridgehead atoms. The average molecular weight is 484 g/mol. The highest BCUT2D eigenvalue weighted by Crippen LogP contribution is 2.30. The van der Waals surface area contributed by atoms with E-state index in [4.69, 9.17) is 4.74 Å². The van der Waals surface area contributed by atoms with Crippen molar-refractivity contribution in [3.8, 4) is 5.75 Å². The van der Waals surface area contributed by atoms with Gasteiger partial charge in [0, 0.05) is 68.6 Å². The van der Waals surface area contributed by atoms with Crippen LogP contribution in [0.4, 0.5) is 0 Å². The van der Waals surface area contributed by atoms with Crippen molar-refractivity contribution in [2.24, 2.45) is 0 Å². The monoisotopic (exact) mass is 483 g/mol. The Balaban J connectivity index is 1.00. The molecule has 3 aromatic carbocycles. The van der Waals surface area contributed by atoms with Crippen LogP contribution in [0.2, 0.25) is 0 Å². The number of fused-ring (bicyclic) bond motifs is 1. The molecular formula is C29H29N3O4. The maximum absolute atomic E-state index is 13.0. The van der Waals surface area contributed by atoms with Gasteiger partial charge in [-0.05, 0) is 41.1 Å². The molecule has 0 aliphatic carbocycles. The zero-order chi connectivity index (χ0) is 24.6. The second-order valence-corrected chi connectivity index (χ2v) is 9.77. The molecule has 6 rings (SSSR count). The number of nitrogens with zero attached hydrogens (tertiary/aromatic N) is 3. The van der Waals surface area contributed by atoms with E-state index in [-0.39, 0.29) is 24.3 Å². The van der Waals surface area contributed by atoms with Gasteiger partial charge in [0.2, 0.25) is 5.91 Å². The Morgan fingerprint density at radius 1 is 0.889 bits per heavy atom. The minimum atomic E-state index is -0.275. The van der Waals surface area contributed by atoms with Crippen molar-refractivity contribution in [1.82, 2.24) is 14.7 Å². The van der Waals surface area contributed by atoms with E-state index in [1.807, 2.05) is 29.2 Å². The molecule has 0 aromatic heterocycles. The van der Waals surface area contributed by atoms with Crippen molar-refractivity contribution in [2.75, 3.05) is 39.3 Å². The summed E-state index contributed by atoms with van der Waals surface area (Å²) in [5.74, 6) is 0.541. The Kier molecular flexibility index (Phi) is 5.93. The third-order valence-corrected chi connectivity index (χ3v) is 7.51. The molecular weight excluding hydrogens is 454 g/mol. The zero-order valence-electron chi connectivity index (χ0n) is 20.2. The highest BCUT2D eigenvalue weighted by atomic mass is 16.5. The Morgan fingerprint density at radius 2 is 1.61 bits per heavy atom. The first-order valence-electron chi connectivity index (χ1n) is 12.7. The summed E-state index contributed by atoms with van der Waals surface area (Å²) in [6.45, 7) is 4.96. The summed E-state index contributed by atoms with van der Waals surface area (Å²) >= 11 is 0. The van der Waals surface area contributed by atoms with Crippen LogP contribution in [0.15, 0.2) is 54.6 Å². The zero-order valence-corrected chi connectivity index (χ0v) is 20.2. The van der Waals surface area contributed by atoms with Crippen LogP contribution in [0.25, 0.3) is 10.8 Å². The maximum Gasteiger partial charge on any atom is 0.261 e. The number of amides is 3. The number of carbonyl (C=O) groups excluding carboxylic acids is 3. The van der Waals surface area contributed by atoms with Gasteiger partial charge in [-0.25, -0.2) is 0 Å². The lowest BCUT2D eigenvalue weighted by Gasteiger charge is -2.35. The highest BCUT2D eigenvalue weighted by Gasteiger charge is 2.32. The van der Waals surface area contributed by atoms with Crippen LogP contribution in [-0.4, -0.2) is 71.8 Å². The largest absolute Gasteiger partial charge is 0.493 e. The molecule has 0 saturated carbocycles. The molecule has 0 atom stereocenters. The molecule has 1 fully saturated rings. The Morgan fingerprint density at radius 3 is 2.33 bits per heavy atom. The van der Waals surface area contributed by atoms with Crippen molar-refractivity contribution in [1.29, 1.82) is 0 Å². The van der Waals surface area contributed by atoms with E-state index < -0.39 is 0 Å². The predicted molar refractivity (Wildman–Crippen MR) is 136 cm³/mol. The number of carbonyl (C=O) groups is 3. The Hall–Kier alpha value is -3.71. The van der Waals surface area contributed by atoms with Crippen molar-refractivity contribution < 1.29 is 19.1 Å². The van der Waals surface area contributed by atoms with E-state index in [0.717, 1.165) is 49.2 Å². The molecule has 0 N–H and O–H groups in total. The molecule has 3 amide bonds. The van der Waals surface area contributed by atoms with Crippen LogP contribution in [-0.2, 0) is 17.8 Å². The van der Waals surface area contributed by atoms with Gasteiger partial charge in [0.05, 0.1) is 6.61 Å². The van der Waals surface area contributed by atoms with Crippen LogP contribution in [0.5, 0.6) is 5.75 Å². The summed E-state index contributed by atoms with van der Waals surface area (Å²) in [7, 11) is 0. The van der Waals surface area contributed by atoms with Crippen LogP contribution in [0.1, 0.15) is 44.7 Å². The third kappa shape index (κ3) is 4.13. The molecule has 7 heteroatoms. The third-order valence-electron chi connectivity index (χ3n) is 7.51. The van der Waals surface area contributed by atoms with Crippen molar-refractivity contribution in [2.45, 2.75) is 25.8 Å². The molecule has 1 saturated heterocycles. The summed E-state index contributed by atoms with van der Waals surface area (Å²) in [5.41, 5.74) is 3.68. The van der Waals surface area contributed by atoms with Crippen molar-refractivity contribution >= 4 is 28.5 Å². The number of ether oxygens (including phenoxy) is 1. The topological polar surface area (TPSA) is 70.2 Å². The fraction of sp³-hybridized carbons (Fsp3) is 0.345. The number of piperazine rings is 1. The first kappa shape index (κ1) is 22.7. The smallest absolute Gasteiger partial charge is 0.261 e. The van der Waals surface area contributed by atoms with E-state index in [1.54, 1.807) is 12.1 Å². The van der Waals surface area contributed by atoms with E-state index in [9.17, 15) is 14.4 Å². The molecule has 3 aliphatic heterocycles. The van der Waals surface area contributed by atoms with Gasteiger partial charge in [0.25, 0.3) is 11.8 Å². The lowest BCUT2D eigenvalue weighted by molar-refractivity contribution is -0.133. The first-order chi connectivity index (χ1) is 17.6. The molecule has 0 radical (unpaired) electrons. The average Bonchev–Trinajstić information content (AvgIpc) is 3.37. The summed E-state index contributed by atoms with van der Waals surface area (Å²) in [6, 6.07) is 17.5. The minimum Gasteiger partial charge on any atom is -0.493 e. The molecule has 3 aliphatic rings. The van der Waals surface area contributed by atoms with Crippen LogP contribution in [0.3, 0.4) is 0 Å². The normalized spacial score (nSPS) is 17.4. The highest BCUT2D eigenvalue weighted by molar-refractivity contribution is 6.25. The number of benzene rings is 3. The summed E-state index contributed by atoms with van der Waals surface area (Å²) in [6.07, 6.45) is 1.77. The van der Waals surface area contributed by atoms with Gasteiger partial charge in [0.1, 0.15) is 5.75 Å². The van der Waals surface area contributed by atoms with Gasteiger partial charge in [0.15, 0.2) is 0 Å². The lowest BCUT2D eigenvalue weighted by Crippen LogP contribution is -2.48. The minimum absolute atomic E-state index is 0.0868. The van der Waals surface area contributed by atoms with Crippen molar-refractivity contribution in [3.63, 3.8) is 0 Å². The van der Waals surface area contributed by atoms with Crippen LogP contribution in [0, 0.1) is 0 Å². The van der Waals surface area contributed by atoms with E-state index >= 15 is 0 Å². The summed E-state index contributed by atoms with van der Waals surface area (Å²) < 4.78 is 5.60. The fourth-order valence-electron chi connectivity index (χ4n) is 5.58. The standard InChI is InChI=1S/C29H29N3O4/c33-26(31-15-13-30(14-16-31)19-20-9-10-25-22(18-20)11-17-36-25)8-3-12-32-28(34)23-6-1-4-21-5-2-7-24(27(21)23)29(32)35/h1-2,4-7,9-10,18H,3,8,11-17,19H2. The predicted octanol–water partition coefficient (Wildman–Crippen LogP) is 3.50. The Bertz CT molecular complexity index is 1310. The van der Waals surface area contributed by atoms with E-state index in [0.29, 0.717) is 37.1 Å². The molecule has 3 aromatic rings. The maximum atomic E-state index is 13.0. The van der Waals surface area contributed by atoms with Gasteiger partial charge in [-0.3, -0.25) is 24.2 Å². The summed E-state index contributed by atoms with van der Waals surface area (Å²) in [5, 5.41) is 1.62. The number of imide groups is 1. The number of hydrogen-bond acceptors (Lipinski definition) is 5. The Labute approximate surface area is 210 Å². The van der Waals surface area contributed by atoms with E-state index in [2.05, 4.69) is 23.1 Å². The summed E-state index contributed by atoms with van der Waals surface area (Å²) in [4.78, 5) is 44.5. The second kappa shape index (κ2) is 9.39. The quantitative estimate of drug-likeness (QED) is 0.502. The van der Waals surface area contributed by atoms with Crippen LogP contribution >= 0.6 is 0 Å². The van der Waals surface area contributed by atoms with Gasteiger partial charge < -0.3 is 9.64 Å².